The minimum atomic E-state index is -0.265. The molecule has 1 aromatic carbocycles. The predicted molar refractivity (Wildman–Crippen MR) is 120 cm³/mol. The Hall–Kier alpha value is -3.13. The first kappa shape index (κ1) is 21.1. The Morgan fingerprint density at radius 2 is 2.13 bits per heavy atom. The van der Waals surface area contributed by atoms with Crippen molar-refractivity contribution in [3.8, 4) is 11.3 Å². The van der Waals surface area contributed by atoms with Gasteiger partial charge in [0.25, 0.3) is 0 Å². The fourth-order valence-electron chi connectivity index (χ4n) is 3.35. The average molecular weight is 441 g/mol. The van der Waals surface area contributed by atoms with E-state index < -0.39 is 0 Å². The Morgan fingerprint density at radius 1 is 1.29 bits per heavy atom. The SMILES string of the molecule is CCCCNC(=O)N(CCc1csc2nc(-c3ccc(F)cc3)cn12)Cc1ccco1. The second kappa shape index (κ2) is 9.78. The van der Waals surface area contributed by atoms with Crippen LogP contribution in [0.2, 0.25) is 0 Å². The van der Waals surface area contributed by atoms with Crippen LogP contribution in [0, 0.1) is 5.82 Å². The highest BCUT2D eigenvalue weighted by Crippen LogP contribution is 2.24. The van der Waals surface area contributed by atoms with Crippen LogP contribution in [0.15, 0.2) is 58.7 Å². The van der Waals surface area contributed by atoms with Crippen molar-refractivity contribution in [2.45, 2.75) is 32.7 Å². The molecule has 8 heteroatoms. The van der Waals surface area contributed by atoms with Crippen molar-refractivity contribution in [2.24, 2.45) is 0 Å². The number of carbonyl (C=O) groups is 1. The number of amides is 2. The summed E-state index contributed by atoms with van der Waals surface area (Å²) >= 11 is 1.56. The average Bonchev–Trinajstić information content (AvgIpc) is 3.50. The van der Waals surface area contributed by atoms with Crippen LogP contribution in [0.5, 0.6) is 0 Å². The number of fused-ring (bicyclic) bond motifs is 1. The molecule has 0 aliphatic rings. The molecule has 0 bridgehead atoms. The third-order valence-corrected chi connectivity index (χ3v) is 5.97. The summed E-state index contributed by atoms with van der Waals surface area (Å²) in [7, 11) is 0. The second-order valence-corrected chi connectivity index (χ2v) is 8.19. The third-order valence-electron chi connectivity index (χ3n) is 5.08. The van der Waals surface area contributed by atoms with Gasteiger partial charge in [-0.2, -0.15) is 0 Å². The van der Waals surface area contributed by atoms with Gasteiger partial charge in [-0.25, -0.2) is 14.2 Å². The summed E-state index contributed by atoms with van der Waals surface area (Å²) in [6, 6.07) is 9.95. The van der Waals surface area contributed by atoms with Crippen molar-refractivity contribution < 1.29 is 13.6 Å². The van der Waals surface area contributed by atoms with Gasteiger partial charge < -0.3 is 14.6 Å². The van der Waals surface area contributed by atoms with Crippen molar-refractivity contribution >= 4 is 22.3 Å². The summed E-state index contributed by atoms with van der Waals surface area (Å²) in [4.78, 5) is 20.0. The van der Waals surface area contributed by atoms with Gasteiger partial charge in [0, 0.05) is 42.3 Å². The quantitative estimate of drug-likeness (QED) is 0.357. The first-order valence-electron chi connectivity index (χ1n) is 10.4. The fraction of sp³-hybridized carbons (Fsp3) is 0.304. The monoisotopic (exact) mass is 440 g/mol. The van der Waals surface area contributed by atoms with E-state index in [0.717, 1.165) is 40.5 Å². The first-order chi connectivity index (χ1) is 15.1. The molecule has 31 heavy (non-hydrogen) atoms. The summed E-state index contributed by atoms with van der Waals surface area (Å²) in [5.41, 5.74) is 2.75. The summed E-state index contributed by atoms with van der Waals surface area (Å²) < 4.78 is 20.7. The summed E-state index contributed by atoms with van der Waals surface area (Å²) in [5, 5.41) is 5.06. The molecule has 0 fully saturated rings. The number of carbonyl (C=O) groups excluding carboxylic acids is 1. The Bertz CT molecular complexity index is 1120. The number of aromatic nitrogens is 2. The molecule has 0 aliphatic carbocycles. The number of nitrogens with zero attached hydrogens (tertiary/aromatic N) is 3. The van der Waals surface area contributed by atoms with Crippen LogP contribution in [0.25, 0.3) is 16.2 Å². The van der Waals surface area contributed by atoms with Gasteiger partial charge in [0.15, 0.2) is 4.96 Å². The predicted octanol–water partition coefficient (Wildman–Crippen LogP) is 5.35. The molecular weight excluding hydrogens is 415 g/mol. The summed E-state index contributed by atoms with van der Waals surface area (Å²) in [6.45, 7) is 3.73. The molecule has 4 rings (SSSR count). The van der Waals surface area contributed by atoms with Gasteiger partial charge in [0.1, 0.15) is 11.6 Å². The molecule has 4 aromatic rings. The highest BCUT2D eigenvalue weighted by Gasteiger charge is 2.17. The zero-order valence-electron chi connectivity index (χ0n) is 17.4. The number of thiazole rings is 1. The number of nitrogens with one attached hydrogen (secondary N) is 1. The van der Waals surface area contributed by atoms with Crippen molar-refractivity contribution in [2.75, 3.05) is 13.1 Å². The topological polar surface area (TPSA) is 62.8 Å². The molecule has 0 unspecified atom stereocenters. The highest BCUT2D eigenvalue weighted by molar-refractivity contribution is 7.15. The van der Waals surface area contributed by atoms with Crippen molar-refractivity contribution in [1.29, 1.82) is 0 Å². The molecular formula is C23H25FN4O2S. The van der Waals surface area contributed by atoms with Crippen LogP contribution >= 0.6 is 11.3 Å². The van der Waals surface area contributed by atoms with E-state index in [1.807, 2.05) is 22.7 Å². The Labute approximate surface area is 184 Å². The Balaban J connectivity index is 1.48. The van der Waals surface area contributed by atoms with Gasteiger partial charge in [0.05, 0.1) is 18.5 Å². The molecule has 0 saturated carbocycles. The van der Waals surface area contributed by atoms with E-state index in [1.54, 1.807) is 34.6 Å². The number of hydrogen-bond acceptors (Lipinski definition) is 4. The van der Waals surface area contributed by atoms with Crippen molar-refractivity contribution in [3.63, 3.8) is 0 Å². The molecule has 3 aromatic heterocycles. The van der Waals surface area contributed by atoms with E-state index in [-0.39, 0.29) is 11.8 Å². The van der Waals surface area contributed by atoms with Gasteiger partial charge in [-0.05, 0) is 42.8 Å². The molecule has 162 valence electrons. The number of unbranched alkanes of at least 4 members (excludes halogenated alkanes) is 1. The number of furan rings is 1. The van der Waals surface area contributed by atoms with Crippen LogP contribution in [0.1, 0.15) is 31.2 Å². The third kappa shape index (κ3) is 5.14. The normalized spacial score (nSPS) is 11.2. The van der Waals surface area contributed by atoms with E-state index in [2.05, 4.69) is 22.6 Å². The molecule has 0 aliphatic heterocycles. The minimum Gasteiger partial charge on any atom is -0.467 e. The van der Waals surface area contributed by atoms with Crippen molar-refractivity contribution in [3.05, 3.63) is 71.5 Å². The number of rotatable bonds is 9. The van der Waals surface area contributed by atoms with Gasteiger partial charge in [0.2, 0.25) is 0 Å². The van der Waals surface area contributed by atoms with Crippen LogP contribution in [0.3, 0.4) is 0 Å². The van der Waals surface area contributed by atoms with Crippen molar-refractivity contribution in [1.82, 2.24) is 19.6 Å². The van der Waals surface area contributed by atoms with Gasteiger partial charge in [-0.3, -0.25) is 4.40 Å². The molecule has 6 nitrogen and oxygen atoms in total. The van der Waals surface area contributed by atoms with E-state index in [1.165, 1.54) is 12.1 Å². The number of imidazole rings is 1. The zero-order valence-corrected chi connectivity index (χ0v) is 18.2. The van der Waals surface area contributed by atoms with Crippen LogP contribution in [-0.4, -0.2) is 33.4 Å². The van der Waals surface area contributed by atoms with E-state index in [4.69, 9.17) is 4.42 Å². The highest BCUT2D eigenvalue weighted by atomic mass is 32.1. The Kier molecular flexibility index (Phi) is 6.66. The fourth-order valence-corrected chi connectivity index (χ4v) is 4.25. The molecule has 0 saturated heterocycles. The lowest BCUT2D eigenvalue weighted by Gasteiger charge is -2.22. The maximum atomic E-state index is 13.2. The molecule has 3 heterocycles. The number of benzene rings is 1. The summed E-state index contributed by atoms with van der Waals surface area (Å²) in [6.07, 6.45) is 6.25. The van der Waals surface area contributed by atoms with E-state index in [9.17, 15) is 9.18 Å². The Morgan fingerprint density at radius 3 is 2.87 bits per heavy atom. The largest absolute Gasteiger partial charge is 0.467 e. The summed E-state index contributed by atoms with van der Waals surface area (Å²) in [5.74, 6) is 0.488. The second-order valence-electron chi connectivity index (χ2n) is 7.35. The molecule has 0 radical (unpaired) electrons. The lowest BCUT2D eigenvalue weighted by molar-refractivity contribution is 0.190. The molecule has 1 N–H and O–H groups in total. The van der Waals surface area contributed by atoms with Crippen LogP contribution in [-0.2, 0) is 13.0 Å². The molecule has 0 spiro atoms. The maximum Gasteiger partial charge on any atom is 0.317 e. The van der Waals surface area contributed by atoms with Gasteiger partial charge in [-0.15, -0.1) is 11.3 Å². The van der Waals surface area contributed by atoms with Crippen LogP contribution < -0.4 is 5.32 Å². The van der Waals surface area contributed by atoms with Gasteiger partial charge in [-0.1, -0.05) is 13.3 Å². The standard InChI is InChI=1S/C23H25FN4O2S/c1-2-3-11-25-22(29)27(14-20-5-4-13-30-20)12-10-19-16-31-23-26-21(15-28(19)23)17-6-8-18(24)9-7-17/h4-9,13,15-16H,2-3,10-12,14H2,1H3,(H,25,29). The number of hydrogen-bond donors (Lipinski definition) is 1. The van der Waals surface area contributed by atoms with E-state index in [0.29, 0.717) is 26.1 Å². The zero-order chi connectivity index (χ0) is 21.6. The lowest BCUT2D eigenvalue weighted by atomic mass is 10.2. The lowest BCUT2D eigenvalue weighted by Crippen LogP contribution is -2.41. The minimum absolute atomic E-state index is 0.0889. The number of urea groups is 1. The first-order valence-corrected chi connectivity index (χ1v) is 11.3. The van der Waals surface area contributed by atoms with Crippen LogP contribution in [0.4, 0.5) is 9.18 Å². The van der Waals surface area contributed by atoms with Gasteiger partial charge >= 0.3 is 6.03 Å². The smallest absolute Gasteiger partial charge is 0.317 e. The molecule has 0 atom stereocenters. The molecule has 2 amide bonds. The number of halogens is 1. The maximum absolute atomic E-state index is 13.2. The van der Waals surface area contributed by atoms with E-state index >= 15 is 0 Å².